The maximum atomic E-state index is 12.8. The van der Waals surface area contributed by atoms with E-state index in [4.69, 9.17) is 32.6 Å². The van der Waals surface area contributed by atoms with Gasteiger partial charge < -0.3 is 20.9 Å². The van der Waals surface area contributed by atoms with Crippen molar-refractivity contribution in [3.63, 3.8) is 0 Å². The molecule has 0 spiro atoms. The fourth-order valence-electron chi connectivity index (χ4n) is 2.16. The first-order valence-corrected chi connectivity index (χ1v) is 9.46. The molecule has 156 valence electrons. The third kappa shape index (κ3) is 5.25. The summed E-state index contributed by atoms with van der Waals surface area (Å²) in [5.41, 5.74) is 15.4. The molecular formula is C16H20N6O6S. The molecule has 0 heterocycles. The minimum atomic E-state index is -3.96. The number of nitrogens with one attached hydrogen (secondary N) is 2. The molecule has 0 aliphatic heterocycles. The van der Waals surface area contributed by atoms with Crippen LogP contribution < -0.4 is 43.5 Å². The highest BCUT2D eigenvalue weighted by Crippen LogP contribution is 2.31. The predicted octanol–water partition coefficient (Wildman–Crippen LogP) is -1.58. The quantitative estimate of drug-likeness (QED) is 0.124. The molecule has 10 N–H and O–H groups in total. The number of hydrazine groups is 2. The van der Waals surface area contributed by atoms with Crippen molar-refractivity contribution < 1.29 is 27.5 Å². The first-order valence-electron chi connectivity index (χ1n) is 7.97. The summed E-state index contributed by atoms with van der Waals surface area (Å²) < 4.78 is 36.0. The van der Waals surface area contributed by atoms with Gasteiger partial charge in [0, 0.05) is 0 Å². The number of carbonyl (C=O) groups excluding carboxylic acids is 2. The van der Waals surface area contributed by atoms with Crippen molar-refractivity contribution in [3.8, 4) is 11.5 Å². The molecule has 2 rings (SSSR count). The molecule has 12 nitrogen and oxygen atoms in total. The lowest BCUT2D eigenvalue weighted by molar-refractivity contribution is -0.123. The Kier molecular flexibility index (Phi) is 6.82. The summed E-state index contributed by atoms with van der Waals surface area (Å²) in [6.07, 6.45) is 0. The molecule has 0 aliphatic carbocycles. The number of rotatable bonds is 8. The van der Waals surface area contributed by atoms with Gasteiger partial charge in [-0.2, -0.15) is 0 Å². The number of hydrogen-bond donors (Lipinski definition) is 6. The van der Waals surface area contributed by atoms with E-state index in [0.29, 0.717) is 0 Å². The van der Waals surface area contributed by atoms with Crippen LogP contribution >= 0.6 is 0 Å². The van der Waals surface area contributed by atoms with Crippen molar-refractivity contribution in [1.82, 2.24) is 10.9 Å². The maximum Gasteiger partial charge on any atom is 0.271 e. The van der Waals surface area contributed by atoms with Crippen molar-refractivity contribution in [2.75, 3.05) is 24.7 Å². The Bertz CT molecular complexity index is 951. The van der Waals surface area contributed by atoms with Crippen LogP contribution in [0.2, 0.25) is 0 Å². The molecule has 2 aromatic rings. The first kappa shape index (κ1) is 21.7. The topological polar surface area (TPSA) is 215 Å². The summed E-state index contributed by atoms with van der Waals surface area (Å²) in [5.74, 6) is 8.98. The van der Waals surface area contributed by atoms with Gasteiger partial charge >= 0.3 is 0 Å². The van der Waals surface area contributed by atoms with E-state index in [0.717, 1.165) is 0 Å². The van der Waals surface area contributed by atoms with Crippen molar-refractivity contribution in [2.24, 2.45) is 11.7 Å². The minimum Gasteiger partial charge on any atom is -0.482 e. The van der Waals surface area contributed by atoms with Gasteiger partial charge in [0.25, 0.3) is 11.8 Å². The highest BCUT2D eigenvalue weighted by Gasteiger charge is 2.21. The van der Waals surface area contributed by atoms with Crippen LogP contribution in [-0.4, -0.2) is 33.4 Å². The molecule has 0 bridgehead atoms. The SMILES string of the molecule is NNC(=O)COc1ccc(S(=O)(=O)c2ccc(OCC(=O)NN)c(N)c2)cc1N. The number of hydrogen-bond acceptors (Lipinski definition) is 10. The van der Waals surface area contributed by atoms with E-state index in [1.807, 2.05) is 10.9 Å². The number of nitrogen functional groups attached to an aromatic ring is 2. The number of nitrogens with two attached hydrogens (primary N) is 4. The van der Waals surface area contributed by atoms with E-state index in [2.05, 4.69) is 0 Å². The summed E-state index contributed by atoms with van der Waals surface area (Å²) in [4.78, 5) is 22.0. The van der Waals surface area contributed by atoms with Crippen LogP contribution in [0.5, 0.6) is 11.5 Å². The summed E-state index contributed by atoms with van der Waals surface area (Å²) in [5, 5.41) is 0. The van der Waals surface area contributed by atoms with Gasteiger partial charge in [0.05, 0.1) is 21.2 Å². The second kappa shape index (κ2) is 9.09. The molecule has 0 aliphatic rings. The number of anilines is 2. The van der Waals surface area contributed by atoms with Gasteiger partial charge in [-0.05, 0) is 36.4 Å². The number of carbonyl (C=O) groups is 2. The van der Waals surface area contributed by atoms with Gasteiger partial charge in [0.2, 0.25) is 9.84 Å². The summed E-state index contributed by atoms with van der Waals surface area (Å²) in [7, 11) is -3.96. The van der Waals surface area contributed by atoms with Gasteiger partial charge in [-0.3, -0.25) is 20.4 Å². The van der Waals surface area contributed by atoms with Crippen molar-refractivity contribution in [2.45, 2.75) is 9.79 Å². The average Bonchev–Trinajstić information content (AvgIpc) is 2.71. The molecule has 2 amide bonds. The zero-order valence-electron chi connectivity index (χ0n) is 15.0. The average molecular weight is 424 g/mol. The molecule has 0 unspecified atom stereocenters. The molecule has 0 atom stereocenters. The Labute approximate surface area is 166 Å². The molecule has 0 saturated carbocycles. The maximum absolute atomic E-state index is 12.8. The Morgan fingerprint density at radius 2 is 1.17 bits per heavy atom. The summed E-state index contributed by atoms with van der Waals surface area (Å²) >= 11 is 0. The summed E-state index contributed by atoms with van der Waals surface area (Å²) in [6, 6.07) is 7.56. The molecule has 0 aromatic heterocycles. The van der Waals surface area contributed by atoms with E-state index in [-0.39, 0.29) is 45.9 Å². The van der Waals surface area contributed by atoms with E-state index in [1.54, 1.807) is 0 Å². The summed E-state index contributed by atoms with van der Waals surface area (Å²) in [6.45, 7) is -0.764. The Hall–Kier alpha value is -3.55. The standard InChI is InChI=1S/C16H20N6O6S/c17-11-5-9(1-3-13(11)27-7-15(23)21-19)29(25,26)10-2-4-14(12(18)6-10)28-8-16(24)22-20/h1-6H,7-8,17-20H2,(H,21,23)(H,22,24). The normalized spacial score (nSPS) is 10.8. The van der Waals surface area contributed by atoms with E-state index in [9.17, 15) is 18.0 Å². The van der Waals surface area contributed by atoms with Gasteiger partial charge in [-0.25, -0.2) is 20.1 Å². The van der Waals surface area contributed by atoms with E-state index in [1.165, 1.54) is 36.4 Å². The lowest BCUT2D eigenvalue weighted by atomic mass is 10.3. The molecular weight excluding hydrogens is 404 g/mol. The first-order chi connectivity index (χ1) is 13.7. The smallest absolute Gasteiger partial charge is 0.271 e. The number of sulfone groups is 1. The van der Waals surface area contributed by atoms with Gasteiger partial charge in [0.1, 0.15) is 11.5 Å². The molecule has 0 radical (unpaired) electrons. The Balaban J connectivity index is 2.24. The monoisotopic (exact) mass is 424 g/mol. The van der Waals surface area contributed by atoms with Crippen LogP contribution in [0.3, 0.4) is 0 Å². The second-order valence-corrected chi connectivity index (χ2v) is 7.56. The van der Waals surface area contributed by atoms with Crippen molar-refractivity contribution in [1.29, 1.82) is 0 Å². The fraction of sp³-hybridized carbons (Fsp3) is 0.125. The fourth-order valence-corrected chi connectivity index (χ4v) is 3.49. The van der Waals surface area contributed by atoms with Crippen LogP contribution in [0.15, 0.2) is 46.2 Å². The van der Waals surface area contributed by atoms with E-state index >= 15 is 0 Å². The molecule has 0 saturated heterocycles. The number of ether oxygens (including phenoxy) is 2. The van der Waals surface area contributed by atoms with Gasteiger partial charge in [0.15, 0.2) is 13.2 Å². The molecule has 13 heteroatoms. The Morgan fingerprint density at radius 1 is 0.793 bits per heavy atom. The van der Waals surface area contributed by atoms with Crippen LogP contribution in [-0.2, 0) is 19.4 Å². The van der Waals surface area contributed by atoms with Crippen LogP contribution in [0.1, 0.15) is 0 Å². The minimum absolute atomic E-state index is 0.0108. The van der Waals surface area contributed by atoms with Crippen molar-refractivity contribution in [3.05, 3.63) is 36.4 Å². The zero-order chi connectivity index (χ0) is 21.6. The molecule has 29 heavy (non-hydrogen) atoms. The third-order valence-corrected chi connectivity index (χ3v) is 5.37. The Morgan fingerprint density at radius 3 is 1.48 bits per heavy atom. The van der Waals surface area contributed by atoms with Crippen LogP contribution in [0.25, 0.3) is 0 Å². The van der Waals surface area contributed by atoms with Crippen molar-refractivity contribution >= 4 is 33.0 Å². The molecule has 0 fully saturated rings. The second-order valence-electron chi connectivity index (χ2n) is 5.62. The highest BCUT2D eigenvalue weighted by molar-refractivity contribution is 7.91. The highest BCUT2D eigenvalue weighted by atomic mass is 32.2. The van der Waals surface area contributed by atoms with Crippen LogP contribution in [0, 0.1) is 0 Å². The zero-order valence-corrected chi connectivity index (χ0v) is 15.9. The lowest BCUT2D eigenvalue weighted by Crippen LogP contribution is -2.34. The third-order valence-electron chi connectivity index (χ3n) is 3.62. The van der Waals surface area contributed by atoms with Gasteiger partial charge in [-0.15, -0.1) is 0 Å². The largest absolute Gasteiger partial charge is 0.482 e. The predicted molar refractivity (Wildman–Crippen MR) is 103 cm³/mol. The van der Waals surface area contributed by atoms with Crippen LogP contribution in [0.4, 0.5) is 11.4 Å². The molecule has 2 aromatic carbocycles. The lowest BCUT2D eigenvalue weighted by Gasteiger charge is -2.12. The van der Waals surface area contributed by atoms with Gasteiger partial charge in [-0.1, -0.05) is 0 Å². The number of benzene rings is 2. The van der Waals surface area contributed by atoms with E-state index < -0.39 is 21.7 Å². The number of amides is 2.